The van der Waals surface area contributed by atoms with Gasteiger partial charge in [0.05, 0.1) is 0 Å². The zero-order valence-corrected chi connectivity index (χ0v) is 21.0. The molecule has 2 nitrogen and oxygen atoms in total. The van der Waals surface area contributed by atoms with Crippen LogP contribution in [-0.4, -0.2) is 0 Å². The van der Waals surface area contributed by atoms with E-state index in [2.05, 4.69) is 156 Å². The summed E-state index contributed by atoms with van der Waals surface area (Å²) in [7, 11) is 0. The molecule has 0 bridgehead atoms. The SMILES string of the molecule is c1ccc(Nc2ccc(-c3ccc(N(c4ccccc4)c4ccccc4)cc3-c3ccccc3)cc2)cc1. The lowest BCUT2D eigenvalue weighted by Crippen LogP contribution is -2.10. The molecule has 6 rings (SSSR count). The topological polar surface area (TPSA) is 15.3 Å². The fraction of sp³-hybridized carbons (Fsp3) is 0. The fourth-order valence-electron chi connectivity index (χ4n) is 4.80. The van der Waals surface area contributed by atoms with E-state index in [1.54, 1.807) is 0 Å². The van der Waals surface area contributed by atoms with E-state index in [-0.39, 0.29) is 0 Å². The van der Waals surface area contributed by atoms with Crippen molar-refractivity contribution >= 4 is 28.4 Å². The summed E-state index contributed by atoms with van der Waals surface area (Å²) in [4.78, 5) is 2.31. The molecule has 0 atom stereocenters. The van der Waals surface area contributed by atoms with Gasteiger partial charge in [-0.25, -0.2) is 0 Å². The summed E-state index contributed by atoms with van der Waals surface area (Å²) in [6, 6.07) is 57.4. The zero-order chi connectivity index (χ0) is 25.6. The van der Waals surface area contributed by atoms with Crippen molar-refractivity contribution in [3.8, 4) is 22.3 Å². The Labute approximate surface area is 224 Å². The Hall–Kier alpha value is -5.08. The smallest absolute Gasteiger partial charge is 0.0468 e. The van der Waals surface area contributed by atoms with Crippen LogP contribution in [0.15, 0.2) is 164 Å². The lowest BCUT2D eigenvalue weighted by atomic mass is 9.93. The molecule has 2 heteroatoms. The summed E-state index contributed by atoms with van der Waals surface area (Å²) in [5, 5.41) is 3.48. The highest BCUT2D eigenvalue weighted by Crippen LogP contribution is 2.40. The fourth-order valence-corrected chi connectivity index (χ4v) is 4.80. The van der Waals surface area contributed by atoms with Gasteiger partial charge in [0.1, 0.15) is 0 Å². The second-order valence-electron chi connectivity index (χ2n) is 9.17. The first-order valence-corrected chi connectivity index (χ1v) is 12.9. The first-order valence-electron chi connectivity index (χ1n) is 12.9. The van der Waals surface area contributed by atoms with E-state index >= 15 is 0 Å². The molecule has 0 aliphatic rings. The number of anilines is 5. The number of hydrogen-bond donors (Lipinski definition) is 1. The van der Waals surface area contributed by atoms with Crippen molar-refractivity contribution < 1.29 is 0 Å². The molecule has 0 heterocycles. The van der Waals surface area contributed by atoms with Crippen LogP contribution in [0.3, 0.4) is 0 Å². The molecule has 0 amide bonds. The van der Waals surface area contributed by atoms with E-state index in [1.807, 2.05) is 18.2 Å². The molecular formula is C36H28N2. The number of nitrogens with one attached hydrogen (secondary N) is 1. The van der Waals surface area contributed by atoms with Crippen molar-refractivity contribution in [1.82, 2.24) is 0 Å². The quantitative estimate of drug-likeness (QED) is 0.240. The molecule has 6 aromatic carbocycles. The lowest BCUT2D eigenvalue weighted by molar-refractivity contribution is 1.28. The third-order valence-electron chi connectivity index (χ3n) is 6.63. The van der Waals surface area contributed by atoms with Gasteiger partial charge < -0.3 is 10.2 Å². The number of nitrogens with zero attached hydrogens (tertiary/aromatic N) is 1. The standard InChI is InChI=1S/C36H28N2/c1-5-13-28(14-6-1)36-27-34(38(32-17-9-3-10-18-32)33-19-11-4-12-20-33)25-26-35(36)29-21-23-31(24-22-29)37-30-15-7-2-8-16-30/h1-27,37H. The average molecular weight is 489 g/mol. The summed E-state index contributed by atoms with van der Waals surface area (Å²) in [5.74, 6) is 0. The minimum atomic E-state index is 1.07. The first-order chi connectivity index (χ1) is 18.8. The Morgan fingerprint density at radius 1 is 0.342 bits per heavy atom. The first kappa shape index (κ1) is 23.3. The van der Waals surface area contributed by atoms with Crippen molar-refractivity contribution in [3.05, 3.63) is 164 Å². The molecule has 0 aliphatic carbocycles. The molecule has 0 aromatic heterocycles. The molecule has 1 N–H and O–H groups in total. The van der Waals surface area contributed by atoms with Crippen LogP contribution in [-0.2, 0) is 0 Å². The number of rotatable bonds is 7. The van der Waals surface area contributed by atoms with Gasteiger partial charge in [0.25, 0.3) is 0 Å². The van der Waals surface area contributed by atoms with Gasteiger partial charge in [-0.3, -0.25) is 0 Å². The molecule has 0 saturated carbocycles. The molecule has 0 fully saturated rings. The molecule has 0 spiro atoms. The van der Waals surface area contributed by atoms with E-state index in [4.69, 9.17) is 0 Å². The van der Waals surface area contributed by atoms with E-state index < -0.39 is 0 Å². The minimum absolute atomic E-state index is 1.07. The minimum Gasteiger partial charge on any atom is -0.356 e. The van der Waals surface area contributed by atoms with Crippen molar-refractivity contribution in [3.63, 3.8) is 0 Å². The maximum atomic E-state index is 3.48. The van der Waals surface area contributed by atoms with Gasteiger partial charge in [0.15, 0.2) is 0 Å². The molecule has 6 aromatic rings. The van der Waals surface area contributed by atoms with Gasteiger partial charge >= 0.3 is 0 Å². The Balaban J connectivity index is 1.43. The molecule has 0 radical (unpaired) electrons. The normalized spacial score (nSPS) is 10.6. The van der Waals surface area contributed by atoms with Crippen LogP contribution in [0.5, 0.6) is 0 Å². The Morgan fingerprint density at radius 2 is 0.816 bits per heavy atom. The third-order valence-corrected chi connectivity index (χ3v) is 6.63. The zero-order valence-electron chi connectivity index (χ0n) is 21.0. The lowest BCUT2D eigenvalue weighted by Gasteiger charge is -2.26. The predicted molar refractivity (Wildman–Crippen MR) is 162 cm³/mol. The van der Waals surface area contributed by atoms with Crippen molar-refractivity contribution in [2.24, 2.45) is 0 Å². The van der Waals surface area contributed by atoms with Crippen LogP contribution in [0.1, 0.15) is 0 Å². The monoisotopic (exact) mass is 488 g/mol. The van der Waals surface area contributed by atoms with Crippen molar-refractivity contribution in [2.45, 2.75) is 0 Å². The van der Waals surface area contributed by atoms with Crippen LogP contribution in [0.4, 0.5) is 28.4 Å². The maximum Gasteiger partial charge on any atom is 0.0468 e. The van der Waals surface area contributed by atoms with Crippen LogP contribution in [0.25, 0.3) is 22.3 Å². The Morgan fingerprint density at radius 3 is 1.39 bits per heavy atom. The van der Waals surface area contributed by atoms with Crippen LogP contribution in [0, 0.1) is 0 Å². The van der Waals surface area contributed by atoms with Gasteiger partial charge in [0.2, 0.25) is 0 Å². The van der Waals surface area contributed by atoms with Crippen LogP contribution >= 0.6 is 0 Å². The summed E-state index contributed by atoms with van der Waals surface area (Å²) in [6.07, 6.45) is 0. The number of benzene rings is 6. The second kappa shape index (κ2) is 10.9. The van der Waals surface area contributed by atoms with Gasteiger partial charge in [0, 0.05) is 28.4 Å². The summed E-state index contributed by atoms with van der Waals surface area (Å²) < 4.78 is 0. The molecule has 0 saturated heterocycles. The van der Waals surface area contributed by atoms with Crippen molar-refractivity contribution in [2.75, 3.05) is 10.2 Å². The van der Waals surface area contributed by atoms with E-state index in [0.29, 0.717) is 0 Å². The molecule has 38 heavy (non-hydrogen) atoms. The summed E-state index contributed by atoms with van der Waals surface area (Å²) in [5.41, 5.74) is 10.3. The average Bonchev–Trinajstić information content (AvgIpc) is 3.00. The van der Waals surface area contributed by atoms with E-state index in [0.717, 1.165) is 28.4 Å². The van der Waals surface area contributed by atoms with Gasteiger partial charge in [-0.05, 0) is 82.9 Å². The van der Waals surface area contributed by atoms with Crippen LogP contribution in [0.2, 0.25) is 0 Å². The second-order valence-corrected chi connectivity index (χ2v) is 9.17. The highest BCUT2D eigenvalue weighted by molar-refractivity contribution is 5.89. The van der Waals surface area contributed by atoms with Crippen molar-refractivity contribution in [1.29, 1.82) is 0 Å². The van der Waals surface area contributed by atoms with Crippen LogP contribution < -0.4 is 10.2 Å². The highest BCUT2D eigenvalue weighted by atomic mass is 15.1. The largest absolute Gasteiger partial charge is 0.356 e. The predicted octanol–water partition coefficient (Wildman–Crippen LogP) is 10.2. The van der Waals surface area contributed by atoms with E-state index in [1.165, 1.54) is 22.3 Å². The van der Waals surface area contributed by atoms with E-state index in [9.17, 15) is 0 Å². The number of hydrogen-bond acceptors (Lipinski definition) is 2. The molecule has 0 aliphatic heterocycles. The van der Waals surface area contributed by atoms with Gasteiger partial charge in [-0.1, -0.05) is 103 Å². The summed E-state index contributed by atoms with van der Waals surface area (Å²) in [6.45, 7) is 0. The molecular weight excluding hydrogens is 460 g/mol. The summed E-state index contributed by atoms with van der Waals surface area (Å²) >= 11 is 0. The Bertz CT molecular complexity index is 1560. The molecule has 0 unspecified atom stereocenters. The van der Waals surface area contributed by atoms with Gasteiger partial charge in [-0.2, -0.15) is 0 Å². The molecule has 182 valence electrons. The maximum absolute atomic E-state index is 3.48. The van der Waals surface area contributed by atoms with Gasteiger partial charge in [-0.15, -0.1) is 0 Å². The Kier molecular flexibility index (Phi) is 6.69. The number of para-hydroxylation sites is 3. The highest BCUT2D eigenvalue weighted by Gasteiger charge is 2.16. The third kappa shape index (κ3) is 5.07.